The average molecular weight is 414 g/mol. The number of anilines is 1. The molecule has 0 unspecified atom stereocenters. The minimum absolute atomic E-state index is 0.0245. The van der Waals surface area contributed by atoms with Crippen LogP contribution in [-0.4, -0.2) is 60.2 Å². The number of methoxy groups -OCH3 is 2. The van der Waals surface area contributed by atoms with E-state index >= 15 is 0 Å². The van der Waals surface area contributed by atoms with Crippen LogP contribution >= 0.6 is 12.2 Å². The lowest BCUT2D eigenvalue weighted by atomic mass is 10.1. The highest BCUT2D eigenvalue weighted by Gasteiger charge is 2.21. The minimum atomic E-state index is -0.540. The summed E-state index contributed by atoms with van der Waals surface area (Å²) in [7, 11) is 2.55. The number of rotatable bonds is 11. The van der Waals surface area contributed by atoms with Crippen molar-refractivity contribution in [2.24, 2.45) is 0 Å². The first kappa shape index (κ1) is 23.3. The molecule has 1 aromatic heterocycles. The summed E-state index contributed by atoms with van der Waals surface area (Å²) >= 11 is 5.20. The molecule has 1 rings (SSSR count). The topological polar surface area (TPSA) is 121 Å². The van der Waals surface area contributed by atoms with Crippen molar-refractivity contribution in [2.45, 2.75) is 38.6 Å². The molecule has 0 radical (unpaired) electrons. The SMILES string of the molecule is CCOC(=O)CCCNC(=S)Nc1cnn(C(CC(=O)OC)CC(=O)OC)c1. The van der Waals surface area contributed by atoms with Crippen molar-refractivity contribution in [3.8, 4) is 0 Å². The number of aromatic nitrogens is 2. The van der Waals surface area contributed by atoms with Gasteiger partial charge in [-0.2, -0.15) is 5.10 Å². The smallest absolute Gasteiger partial charge is 0.307 e. The molecule has 0 amide bonds. The highest BCUT2D eigenvalue weighted by molar-refractivity contribution is 7.80. The van der Waals surface area contributed by atoms with E-state index in [1.54, 1.807) is 13.1 Å². The zero-order valence-corrected chi connectivity index (χ0v) is 17.0. The summed E-state index contributed by atoms with van der Waals surface area (Å²) in [6.07, 6.45) is 3.99. The van der Waals surface area contributed by atoms with Gasteiger partial charge in [0.1, 0.15) is 0 Å². The molecule has 0 saturated heterocycles. The Labute approximate surface area is 168 Å². The Morgan fingerprint density at radius 1 is 1.18 bits per heavy atom. The van der Waals surface area contributed by atoms with Crippen LogP contribution in [0.1, 0.15) is 38.6 Å². The van der Waals surface area contributed by atoms with Gasteiger partial charge in [-0.3, -0.25) is 19.1 Å². The largest absolute Gasteiger partial charge is 0.469 e. The third-order valence-corrected chi connectivity index (χ3v) is 3.89. The highest BCUT2D eigenvalue weighted by Crippen LogP contribution is 2.19. The van der Waals surface area contributed by atoms with E-state index in [1.807, 2.05) is 0 Å². The van der Waals surface area contributed by atoms with E-state index in [9.17, 15) is 14.4 Å². The molecule has 1 aromatic rings. The van der Waals surface area contributed by atoms with Gasteiger partial charge in [0.15, 0.2) is 5.11 Å². The first-order valence-corrected chi connectivity index (χ1v) is 9.18. The maximum Gasteiger partial charge on any atom is 0.307 e. The Balaban J connectivity index is 2.55. The van der Waals surface area contributed by atoms with E-state index in [-0.39, 0.29) is 18.8 Å². The van der Waals surface area contributed by atoms with Crippen LogP contribution in [0.5, 0.6) is 0 Å². The summed E-state index contributed by atoms with van der Waals surface area (Å²) in [5.41, 5.74) is 0.586. The van der Waals surface area contributed by atoms with Crippen molar-refractivity contribution in [2.75, 3.05) is 32.7 Å². The molecule has 1 heterocycles. The van der Waals surface area contributed by atoms with Crippen molar-refractivity contribution in [1.82, 2.24) is 15.1 Å². The molecule has 0 saturated carbocycles. The number of ether oxygens (including phenoxy) is 3. The number of thiocarbonyl (C=S) groups is 1. The summed E-state index contributed by atoms with van der Waals surface area (Å²) < 4.78 is 15.7. The quantitative estimate of drug-likeness (QED) is 0.236. The minimum Gasteiger partial charge on any atom is -0.469 e. The second-order valence-electron chi connectivity index (χ2n) is 5.71. The Hall–Kier alpha value is -2.69. The van der Waals surface area contributed by atoms with E-state index in [4.69, 9.17) is 17.0 Å². The van der Waals surface area contributed by atoms with Crippen molar-refractivity contribution < 1.29 is 28.6 Å². The molecule has 156 valence electrons. The second kappa shape index (κ2) is 12.7. The third kappa shape index (κ3) is 8.80. The van der Waals surface area contributed by atoms with Gasteiger partial charge in [-0.05, 0) is 25.6 Å². The molecule has 0 aliphatic heterocycles. The van der Waals surface area contributed by atoms with Crippen LogP contribution in [0.15, 0.2) is 12.4 Å². The van der Waals surface area contributed by atoms with Gasteiger partial charge in [0.25, 0.3) is 0 Å². The molecule has 0 fully saturated rings. The van der Waals surface area contributed by atoms with E-state index in [0.29, 0.717) is 36.8 Å². The van der Waals surface area contributed by atoms with Gasteiger partial charge < -0.3 is 24.8 Å². The lowest BCUT2D eigenvalue weighted by Gasteiger charge is -2.15. The van der Waals surface area contributed by atoms with Crippen LogP contribution < -0.4 is 10.6 Å². The van der Waals surface area contributed by atoms with Crippen LogP contribution in [0.25, 0.3) is 0 Å². The molecule has 0 aromatic carbocycles. The van der Waals surface area contributed by atoms with Crippen molar-refractivity contribution in [1.29, 1.82) is 0 Å². The van der Waals surface area contributed by atoms with Gasteiger partial charge in [-0.15, -0.1) is 0 Å². The molecule has 0 aliphatic carbocycles. The summed E-state index contributed by atoms with van der Waals surface area (Å²) in [4.78, 5) is 34.4. The molecule has 28 heavy (non-hydrogen) atoms. The summed E-state index contributed by atoms with van der Waals surface area (Å²) in [6.45, 7) is 2.63. The van der Waals surface area contributed by atoms with Gasteiger partial charge in [0, 0.05) is 19.2 Å². The maximum atomic E-state index is 11.6. The maximum absolute atomic E-state index is 11.6. The zero-order chi connectivity index (χ0) is 20.9. The van der Waals surface area contributed by atoms with Crippen molar-refractivity contribution in [3.05, 3.63) is 12.4 Å². The van der Waals surface area contributed by atoms with Crippen LogP contribution in [-0.2, 0) is 28.6 Å². The van der Waals surface area contributed by atoms with E-state index in [2.05, 4.69) is 25.2 Å². The molecule has 0 bridgehead atoms. The summed E-state index contributed by atoms with van der Waals surface area (Å²) in [5, 5.41) is 10.5. The van der Waals surface area contributed by atoms with Crippen LogP contribution in [0.4, 0.5) is 5.69 Å². The molecule has 10 nitrogen and oxygen atoms in total. The van der Waals surface area contributed by atoms with Gasteiger partial charge in [-0.1, -0.05) is 0 Å². The molecular formula is C17H26N4O6S. The first-order chi connectivity index (χ1) is 13.4. The molecule has 0 spiro atoms. The van der Waals surface area contributed by atoms with Crippen LogP contribution in [0.3, 0.4) is 0 Å². The van der Waals surface area contributed by atoms with Gasteiger partial charge in [-0.25, -0.2) is 0 Å². The molecule has 0 aliphatic rings. The molecule has 2 N–H and O–H groups in total. The van der Waals surface area contributed by atoms with Crippen molar-refractivity contribution in [3.63, 3.8) is 0 Å². The normalized spacial score (nSPS) is 10.3. The number of hydrogen-bond donors (Lipinski definition) is 2. The van der Waals surface area contributed by atoms with E-state index < -0.39 is 18.0 Å². The van der Waals surface area contributed by atoms with Gasteiger partial charge >= 0.3 is 17.9 Å². The standard InChI is InChI=1S/C17H26N4O6S/c1-4-27-14(22)6-5-7-18-17(28)20-12-10-19-21(11-12)13(8-15(23)25-2)9-16(24)26-3/h10-11,13H,4-9H2,1-3H3,(H2,18,20,28). The first-order valence-electron chi connectivity index (χ1n) is 8.77. The fourth-order valence-corrected chi connectivity index (χ4v) is 2.48. The lowest BCUT2D eigenvalue weighted by molar-refractivity contribution is -0.145. The molecule has 0 atom stereocenters. The van der Waals surface area contributed by atoms with Crippen LogP contribution in [0, 0.1) is 0 Å². The number of hydrogen-bond acceptors (Lipinski definition) is 8. The number of carbonyl (C=O) groups excluding carboxylic acids is 3. The monoisotopic (exact) mass is 414 g/mol. The summed E-state index contributed by atoms with van der Waals surface area (Å²) in [5.74, 6) is -1.16. The van der Waals surface area contributed by atoms with Gasteiger partial charge in [0.2, 0.25) is 0 Å². The zero-order valence-electron chi connectivity index (χ0n) is 16.2. The second-order valence-corrected chi connectivity index (χ2v) is 6.12. The van der Waals surface area contributed by atoms with E-state index in [0.717, 1.165) is 0 Å². The summed E-state index contributed by atoms with van der Waals surface area (Å²) in [6, 6.07) is -0.540. The average Bonchev–Trinajstić information content (AvgIpc) is 3.13. The third-order valence-electron chi connectivity index (χ3n) is 3.64. The fraction of sp³-hybridized carbons (Fsp3) is 0.588. The Kier molecular flexibility index (Phi) is 10.6. The van der Waals surface area contributed by atoms with E-state index in [1.165, 1.54) is 25.1 Å². The Morgan fingerprint density at radius 2 is 1.82 bits per heavy atom. The number of esters is 3. The highest BCUT2D eigenvalue weighted by atomic mass is 32.1. The van der Waals surface area contributed by atoms with Crippen LogP contribution in [0.2, 0.25) is 0 Å². The lowest BCUT2D eigenvalue weighted by Crippen LogP contribution is -2.29. The predicted molar refractivity (Wildman–Crippen MR) is 105 cm³/mol. The number of nitrogens with one attached hydrogen (secondary N) is 2. The predicted octanol–water partition coefficient (Wildman–Crippen LogP) is 1.18. The molecular weight excluding hydrogens is 388 g/mol. The Morgan fingerprint density at radius 3 is 2.39 bits per heavy atom. The Bertz CT molecular complexity index is 660. The fourth-order valence-electron chi connectivity index (χ4n) is 2.26. The number of nitrogens with zero attached hydrogens (tertiary/aromatic N) is 2. The molecule has 11 heteroatoms. The number of carbonyl (C=O) groups is 3. The van der Waals surface area contributed by atoms with Gasteiger partial charge in [0.05, 0.1) is 51.6 Å². The van der Waals surface area contributed by atoms with Crippen molar-refractivity contribution >= 4 is 40.9 Å².